The normalized spacial score (nSPS) is 21.4. The van der Waals surface area contributed by atoms with Crippen molar-refractivity contribution in [3.05, 3.63) is 35.9 Å². The second kappa shape index (κ2) is 10.8. The van der Waals surface area contributed by atoms with Crippen LogP contribution in [0.1, 0.15) is 45.1 Å². The van der Waals surface area contributed by atoms with E-state index in [0.717, 1.165) is 18.4 Å². The largest absolute Gasteiger partial charge is 0.370 e. The van der Waals surface area contributed by atoms with Gasteiger partial charge >= 0.3 is 0 Å². The summed E-state index contributed by atoms with van der Waals surface area (Å²) in [5, 5.41) is 3.34. The molecule has 0 unspecified atom stereocenters. The van der Waals surface area contributed by atoms with Crippen molar-refractivity contribution in [2.45, 2.75) is 58.0 Å². The first-order valence-corrected chi connectivity index (χ1v) is 11.5. The van der Waals surface area contributed by atoms with Gasteiger partial charge in [-0.25, -0.2) is 0 Å². The highest BCUT2D eigenvalue weighted by atomic mass is 16.2. The Kier molecular flexibility index (Phi) is 8.07. The lowest BCUT2D eigenvalue weighted by Crippen LogP contribution is -2.62. The van der Waals surface area contributed by atoms with Crippen LogP contribution in [-0.2, 0) is 20.8 Å². The molecule has 7 heteroatoms. The number of rotatable bonds is 8. The molecular weight excluding hydrogens is 392 g/mol. The summed E-state index contributed by atoms with van der Waals surface area (Å²) < 4.78 is 0. The van der Waals surface area contributed by atoms with Gasteiger partial charge in [-0.15, -0.1) is 0 Å². The summed E-state index contributed by atoms with van der Waals surface area (Å²) in [4.78, 5) is 41.7. The van der Waals surface area contributed by atoms with Gasteiger partial charge in [-0.05, 0) is 43.1 Å². The molecule has 3 N–H and O–H groups in total. The topological polar surface area (TPSA) is 95.7 Å². The van der Waals surface area contributed by atoms with Gasteiger partial charge in [0, 0.05) is 32.6 Å². The van der Waals surface area contributed by atoms with Gasteiger partial charge < -0.3 is 20.9 Å². The van der Waals surface area contributed by atoms with Crippen molar-refractivity contribution in [3.63, 3.8) is 0 Å². The molecule has 0 saturated carbocycles. The van der Waals surface area contributed by atoms with Crippen molar-refractivity contribution in [1.29, 1.82) is 0 Å². The third-order valence-electron chi connectivity index (χ3n) is 6.38. The number of hydrogen-bond donors (Lipinski definition) is 2. The number of carbonyl (C=O) groups excluding carboxylic acids is 3. The summed E-state index contributed by atoms with van der Waals surface area (Å²) >= 11 is 0. The maximum atomic E-state index is 13.5. The van der Waals surface area contributed by atoms with E-state index in [1.807, 2.05) is 40.1 Å². The molecule has 0 bridgehead atoms. The Morgan fingerprint density at radius 2 is 1.81 bits per heavy atom. The third-order valence-corrected chi connectivity index (χ3v) is 6.38. The van der Waals surface area contributed by atoms with Crippen LogP contribution in [0.3, 0.4) is 0 Å². The number of carbonyl (C=O) groups is 3. The second-order valence-electron chi connectivity index (χ2n) is 9.31. The van der Waals surface area contributed by atoms with Crippen LogP contribution in [0.4, 0.5) is 0 Å². The van der Waals surface area contributed by atoms with Crippen molar-refractivity contribution >= 4 is 17.7 Å². The number of primary amides is 1. The van der Waals surface area contributed by atoms with E-state index in [0.29, 0.717) is 51.4 Å². The number of likely N-dealkylation sites (tertiary alicyclic amines) is 1. The summed E-state index contributed by atoms with van der Waals surface area (Å²) in [7, 11) is 0. The Hall–Kier alpha value is -2.41. The predicted molar refractivity (Wildman–Crippen MR) is 120 cm³/mol. The summed E-state index contributed by atoms with van der Waals surface area (Å²) in [5.74, 6) is 0.328. The number of piperidine rings is 1. The minimum atomic E-state index is -0.430. The average molecular weight is 429 g/mol. The van der Waals surface area contributed by atoms with Gasteiger partial charge in [0.05, 0.1) is 6.04 Å². The molecular formula is C24H36N4O3. The highest BCUT2D eigenvalue weighted by molar-refractivity contribution is 5.90. The van der Waals surface area contributed by atoms with Crippen LogP contribution in [-0.4, -0.2) is 65.8 Å². The number of nitrogens with two attached hydrogens (primary N) is 1. The number of nitrogens with zero attached hydrogens (tertiary/aromatic N) is 2. The predicted octanol–water partition coefficient (Wildman–Crippen LogP) is 1.56. The number of amides is 3. The molecule has 3 rings (SSSR count). The lowest BCUT2D eigenvalue weighted by molar-refractivity contribution is -0.150. The van der Waals surface area contributed by atoms with Crippen LogP contribution in [0.15, 0.2) is 30.3 Å². The first-order valence-electron chi connectivity index (χ1n) is 11.5. The molecule has 0 aromatic heterocycles. The Morgan fingerprint density at radius 3 is 2.42 bits per heavy atom. The molecule has 2 fully saturated rings. The first kappa shape index (κ1) is 23.3. The molecule has 0 aliphatic carbocycles. The van der Waals surface area contributed by atoms with Gasteiger partial charge in [-0.3, -0.25) is 14.4 Å². The SMILES string of the molecule is CC(C)C[C@@H](C(=O)N1CCC(CC(N)=O)CC1)N1CCN[C@@H](Cc2ccccc2)C1=O. The molecule has 2 aliphatic heterocycles. The molecule has 170 valence electrons. The van der Waals surface area contributed by atoms with Crippen LogP contribution >= 0.6 is 0 Å². The van der Waals surface area contributed by atoms with E-state index in [4.69, 9.17) is 5.73 Å². The van der Waals surface area contributed by atoms with Gasteiger partial charge in [0.25, 0.3) is 0 Å². The summed E-state index contributed by atoms with van der Waals surface area (Å²) in [5.41, 5.74) is 6.44. The maximum Gasteiger partial charge on any atom is 0.245 e. The molecule has 2 heterocycles. The Labute approximate surface area is 185 Å². The first-order chi connectivity index (χ1) is 14.8. The fourth-order valence-electron chi connectivity index (χ4n) is 4.74. The van der Waals surface area contributed by atoms with Crippen molar-refractivity contribution in [2.75, 3.05) is 26.2 Å². The van der Waals surface area contributed by atoms with Crippen molar-refractivity contribution in [2.24, 2.45) is 17.6 Å². The zero-order chi connectivity index (χ0) is 22.4. The van der Waals surface area contributed by atoms with Crippen LogP contribution in [0.5, 0.6) is 0 Å². The summed E-state index contributed by atoms with van der Waals surface area (Å²) in [6, 6.07) is 9.25. The summed E-state index contributed by atoms with van der Waals surface area (Å²) in [6.45, 7) is 6.66. The maximum absolute atomic E-state index is 13.5. The fourth-order valence-corrected chi connectivity index (χ4v) is 4.74. The molecule has 2 saturated heterocycles. The number of hydrogen-bond acceptors (Lipinski definition) is 4. The summed E-state index contributed by atoms with van der Waals surface area (Å²) in [6.07, 6.45) is 3.24. The zero-order valence-corrected chi connectivity index (χ0v) is 18.8. The van der Waals surface area contributed by atoms with Crippen molar-refractivity contribution in [3.8, 4) is 0 Å². The van der Waals surface area contributed by atoms with Crippen LogP contribution < -0.4 is 11.1 Å². The molecule has 7 nitrogen and oxygen atoms in total. The minimum absolute atomic E-state index is 0.0118. The lowest BCUT2D eigenvalue weighted by Gasteiger charge is -2.41. The average Bonchev–Trinajstić information content (AvgIpc) is 2.74. The smallest absolute Gasteiger partial charge is 0.245 e. The molecule has 0 radical (unpaired) electrons. The molecule has 0 spiro atoms. The van der Waals surface area contributed by atoms with Crippen LogP contribution in [0, 0.1) is 11.8 Å². The van der Waals surface area contributed by atoms with Crippen molar-refractivity contribution < 1.29 is 14.4 Å². The van der Waals surface area contributed by atoms with Crippen LogP contribution in [0.25, 0.3) is 0 Å². The highest BCUT2D eigenvalue weighted by Gasteiger charge is 2.39. The van der Waals surface area contributed by atoms with E-state index >= 15 is 0 Å². The number of benzene rings is 1. The molecule has 3 amide bonds. The highest BCUT2D eigenvalue weighted by Crippen LogP contribution is 2.24. The zero-order valence-electron chi connectivity index (χ0n) is 18.8. The van der Waals surface area contributed by atoms with E-state index in [1.165, 1.54) is 0 Å². The molecule has 2 atom stereocenters. The third kappa shape index (κ3) is 6.29. The molecule has 2 aliphatic rings. The van der Waals surface area contributed by atoms with Gasteiger partial charge in [-0.1, -0.05) is 44.2 Å². The van der Waals surface area contributed by atoms with E-state index in [2.05, 4.69) is 19.2 Å². The number of piperazine rings is 1. The van der Waals surface area contributed by atoms with Gasteiger partial charge in [-0.2, -0.15) is 0 Å². The second-order valence-corrected chi connectivity index (χ2v) is 9.31. The monoisotopic (exact) mass is 428 g/mol. The van der Waals surface area contributed by atoms with Gasteiger partial charge in [0.15, 0.2) is 0 Å². The van der Waals surface area contributed by atoms with Crippen LogP contribution in [0.2, 0.25) is 0 Å². The Morgan fingerprint density at radius 1 is 1.13 bits per heavy atom. The molecule has 1 aromatic rings. The molecule has 1 aromatic carbocycles. The standard InChI is InChI=1S/C24H36N4O3/c1-17(2)14-21(24(31)27-11-8-19(9-12-27)16-22(25)29)28-13-10-26-20(23(28)30)15-18-6-4-3-5-7-18/h3-7,17,19-21,26H,8-16H2,1-2H3,(H2,25,29)/t20-,21-/m0/s1. The van der Waals surface area contributed by atoms with Gasteiger partial charge in [0.2, 0.25) is 17.7 Å². The lowest BCUT2D eigenvalue weighted by atomic mass is 9.92. The Bertz CT molecular complexity index is 759. The minimum Gasteiger partial charge on any atom is -0.370 e. The fraction of sp³-hybridized carbons (Fsp3) is 0.625. The van der Waals surface area contributed by atoms with E-state index < -0.39 is 6.04 Å². The Balaban J connectivity index is 1.68. The van der Waals surface area contributed by atoms with E-state index in [9.17, 15) is 14.4 Å². The van der Waals surface area contributed by atoms with Gasteiger partial charge in [0.1, 0.15) is 6.04 Å². The number of nitrogens with one attached hydrogen (secondary N) is 1. The quantitative estimate of drug-likeness (QED) is 0.657. The van der Waals surface area contributed by atoms with Crippen molar-refractivity contribution in [1.82, 2.24) is 15.1 Å². The molecule has 31 heavy (non-hydrogen) atoms. The van der Waals surface area contributed by atoms with E-state index in [-0.39, 0.29) is 29.7 Å². The van der Waals surface area contributed by atoms with E-state index in [1.54, 1.807) is 0 Å².